The maximum Gasteiger partial charge on any atom is 0.320 e. The molecular weight excluding hydrogens is 142 g/mol. The quantitative estimate of drug-likeness (QED) is 0.461. The van der Waals surface area contributed by atoms with Crippen molar-refractivity contribution in [2.75, 3.05) is 0 Å². The van der Waals surface area contributed by atoms with Crippen LogP contribution in [0.5, 0.6) is 0 Å². The molecule has 52 valence electrons. The molecule has 0 rings (SSSR count). The van der Waals surface area contributed by atoms with Crippen molar-refractivity contribution < 1.29 is 14.7 Å². The summed E-state index contributed by atoms with van der Waals surface area (Å²) in [4.78, 5) is 20.0. The largest absolute Gasteiger partial charge is 0.480 e. The summed E-state index contributed by atoms with van der Waals surface area (Å²) in [6.45, 7) is 0. The smallest absolute Gasteiger partial charge is 0.320 e. The van der Waals surface area contributed by atoms with Gasteiger partial charge in [0.05, 0.1) is 0 Å². The predicted octanol–water partition coefficient (Wildman–Crippen LogP) is -0.755. The van der Waals surface area contributed by atoms with Gasteiger partial charge in [0, 0.05) is 6.42 Å². The average Bonchev–Trinajstić information content (AvgIpc) is 1.63. The van der Waals surface area contributed by atoms with Crippen molar-refractivity contribution in [1.29, 1.82) is 0 Å². The van der Waals surface area contributed by atoms with Crippen LogP contribution in [0.3, 0.4) is 0 Å². The Kier molecular flexibility index (Phi) is 3.26. The van der Waals surface area contributed by atoms with Gasteiger partial charge in [0.1, 0.15) is 6.04 Å². The van der Waals surface area contributed by atoms with Crippen LogP contribution in [0.4, 0.5) is 0 Å². The maximum atomic E-state index is 10.1. The third-order valence-corrected chi connectivity index (χ3v) is 0.894. The number of hydrogen-bond donors (Lipinski definition) is 3. The summed E-state index contributed by atoms with van der Waals surface area (Å²) in [7, 11) is 0. The molecule has 0 amide bonds. The molecule has 1 atom stereocenters. The third-order valence-electron chi connectivity index (χ3n) is 0.712. The molecule has 0 bridgehead atoms. The van der Waals surface area contributed by atoms with Gasteiger partial charge in [-0.05, 0) is 0 Å². The molecule has 5 heteroatoms. The molecule has 0 aliphatic rings. The van der Waals surface area contributed by atoms with Gasteiger partial charge >= 0.3 is 5.97 Å². The Morgan fingerprint density at radius 3 is 2.22 bits per heavy atom. The Hall–Kier alpha value is -0.550. The second kappa shape index (κ2) is 3.47. The van der Waals surface area contributed by atoms with Gasteiger partial charge in [-0.25, -0.2) is 0 Å². The fourth-order valence-electron chi connectivity index (χ4n) is 0.275. The second-order valence-corrected chi connectivity index (χ2v) is 2.04. The van der Waals surface area contributed by atoms with Crippen molar-refractivity contribution in [3.05, 3.63) is 0 Å². The molecule has 0 spiro atoms. The number of carboxylic acid groups (broad SMARTS) is 1. The third kappa shape index (κ3) is 3.99. The van der Waals surface area contributed by atoms with E-state index < -0.39 is 17.1 Å². The molecule has 0 unspecified atom stereocenters. The van der Waals surface area contributed by atoms with Crippen molar-refractivity contribution in [3.8, 4) is 0 Å². The van der Waals surface area contributed by atoms with Crippen molar-refractivity contribution in [2.45, 2.75) is 12.5 Å². The van der Waals surface area contributed by atoms with Crippen LogP contribution >= 0.6 is 12.6 Å². The van der Waals surface area contributed by atoms with E-state index in [-0.39, 0.29) is 6.42 Å². The number of nitrogens with two attached hydrogens (primary N) is 1. The van der Waals surface area contributed by atoms with Gasteiger partial charge in [-0.1, -0.05) is 0 Å². The Balaban J connectivity index is 3.63. The van der Waals surface area contributed by atoms with Gasteiger partial charge in [0.2, 0.25) is 0 Å². The number of hydrogen-bond acceptors (Lipinski definition) is 3. The van der Waals surface area contributed by atoms with Gasteiger partial charge < -0.3 is 10.8 Å². The number of rotatable bonds is 3. The molecule has 4 nitrogen and oxygen atoms in total. The second-order valence-electron chi connectivity index (χ2n) is 1.54. The van der Waals surface area contributed by atoms with Crippen molar-refractivity contribution in [3.63, 3.8) is 0 Å². The van der Waals surface area contributed by atoms with Gasteiger partial charge in [-0.3, -0.25) is 9.59 Å². The predicted molar refractivity (Wildman–Crippen MR) is 34.2 cm³/mol. The molecule has 0 heterocycles. The molecule has 0 fully saturated rings. The summed E-state index contributed by atoms with van der Waals surface area (Å²) in [5.74, 6) is -1.18. The van der Waals surface area contributed by atoms with Crippen molar-refractivity contribution in [2.24, 2.45) is 5.73 Å². The van der Waals surface area contributed by atoms with E-state index in [9.17, 15) is 9.59 Å². The molecular formula is C4H7NO3S. The van der Waals surface area contributed by atoms with E-state index in [2.05, 4.69) is 12.6 Å². The Bertz CT molecular complexity index is 136. The topological polar surface area (TPSA) is 80.4 Å². The lowest BCUT2D eigenvalue weighted by Gasteiger charge is -1.99. The Morgan fingerprint density at radius 1 is 1.67 bits per heavy atom. The highest BCUT2D eigenvalue weighted by Gasteiger charge is 2.13. The number of aliphatic carboxylic acids is 1. The minimum Gasteiger partial charge on any atom is -0.480 e. The number of thiol groups is 1. The van der Waals surface area contributed by atoms with Crippen LogP contribution in [0.1, 0.15) is 6.42 Å². The van der Waals surface area contributed by atoms with Crippen molar-refractivity contribution >= 4 is 23.7 Å². The summed E-state index contributed by atoms with van der Waals surface area (Å²) in [6.07, 6.45) is -0.224. The number of carbonyl (C=O) groups excluding carboxylic acids is 1. The molecule has 3 N–H and O–H groups in total. The van der Waals surface area contributed by atoms with E-state index in [0.717, 1.165) is 0 Å². The van der Waals surface area contributed by atoms with Gasteiger partial charge in [-0.15, -0.1) is 12.6 Å². The highest BCUT2D eigenvalue weighted by molar-refractivity contribution is 7.96. The molecule has 0 aliphatic carbocycles. The Labute approximate surface area is 57.4 Å². The monoisotopic (exact) mass is 149 g/mol. The van der Waals surface area contributed by atoms with Crippen LogP contribution in [-0.2, 0) is 9.59 Å². The molecule has 0 aromatic heterocycles. The summed E-state index contributed by atoms with van der Waals surface area (Å²) in [6, 6.07) is -1.12. The van der Waals surface area contributed by atoms with E-state index >= 15 is 0 Å². The molecule has 0 aliphatic heterocycles. The zero-order valence-corrected chi connectivity index (χ0v) is 5.47. The molecule has 0 aromatic carbocycles. The maximum absolute atomic E-state index is 10.1. The lowest BCUT2D eigenvalue weighted by Crippen LogP contribution is -2.31. The zero-order valence-electron chi connectivity index (χ0n) is 4.57. The Morgan fingerprint density at radius 2 is 2.11 bits per heavy atom. The summed E-state index contributed by atoms with van der Waals surface area (Å²) >= 11 is 3.35. The summed E-state index contributed by atoms with van der Waals surface area (Å²) in [5.41, 5.74) is 4.95. The van der Waals surface area contributed by atoms with Crippen LogP contribution < -0.4 is 5.73 Å². The molecule has 0 radical (unpaired) electrons. The molecule has 0 aromatic rings. The first-order valence-corrected chi connectivity index (χ1v) is 2.69. The first kappa shape index (κ1) is 8.45. The molecule has 9 heavy (non-hydrogen) atoms. The lowest BCUT2D eigenvalue weighted by atomic mass is 10.2. The number of carbonyl (C=O) groups is 2. The minimum absolute atomic E-state index is 0.224. The van der Waals surface area contributed by atoms with E-state index in [1.165, 1.54) is 0 Å². The first-order chi connectivity index (χ1) is 4.04. The number of carboxylic acids is 1. The highest BCUT2D eigenvalue weighted by Crippen LogP contribution is 1.92. The molecule has 0 saturated carbocycles. The van der Waals surface area contributed by atoms with Crippen LogP contribution in [0.15, 0.2) is 0 Å². The van der Waals surface area contributed by atoms with Crippen LogP contribution in [0.2, 0.25) is 0 Å². The normalized spacial score (nSPS) is 12.7. The SMILES string of the molecule is N[C@@H](CC(=O)S)C(=O)O. The first-order valence-electron chi connectivity index (χ1n) is 2.24. The summed E-state index contributed by atoms with van der Waals surface area (Å²) in [5, 5.41) is 7.61. The van der Waals surface area contributed by atoms with Gasteiger partial charge in [0.15, 0.2) is 5.12 Å². The van der Waals surface area contributed by atoms with Gasteiger partial charge in [-0.2, -0.15) is 0 Å². The highest BCUT2D eigenvalue weighted by atomic mass is 32.1. The minimum atomic E-state index is -1.18. The fraction of sp³-hybridized carbons (Fsp3) is 0.500. The van der Waals surface area contributed by atoms with Crippen LogP contribution in [0, 0.1) is 0 Å². The van der Waals surface area contributed by atoms with E-state index in [1.807, 2.05) is 0 Å². The molecule has 0 saturated heterocycles. The zero-order chi connectivity index (χ0) is 7.44. The van der Waals surface area contributed by atoms with Crippen LogP contribution in [-0.4, -0.2) is 22.2 Å². The van der Waals surface area contributed by atoms with Crippen LogP contribution in [0.25, 0.3) is 0 Å². The van der Waals surface area contributed by atoms with E-state index in [0.29, 0.717) is 0 Å². The standard InChI is InChI=1S/C4H7NO3S/c5-2(4(7)8)1-3(6)9/h2H,1,5H2,(H,6,9)(H,7,8)/t2-/m0/s1. The van der Waals surface area contributed by atoms with Gasteiger partial charge in [0.25, 0.3) is 0 Å². The lowest BCUT2D eigenvalue weighted by molar-refractivity contribution is -0.139. The van der Waals surface area contributed by atoms with E-state index in [4.69, 9.17) is 10.8 Å². The summed E-state index contributed by atoms with van der Waals surface area (Å²) < 4.78 is 0. The fourth-order valence-corrected chi connectivity index (χ4v) is 0.472. The van der Waals surface area contributed by atoms with E-state index in [1.54, 1.807) is 0 Å². The average molecular weight is 149 g/mol. The van der Waals surface area contributed by atoms with Crippen molar-refractivity contribution in [1.82, 2.24) is 0 Å².